The number of nitrogens with zero attached hydrogens (tertiary/aromatic N) is 5. The van der Waals surface area contributed by atoms with Gasteiger partial charge in [-0.3, -0.25) is 19.4 Å². The van der Waals surface area contributed by atoms with E-state index in [4.69, 9.17) is 0 Å². The molecule has 2 aliphatic heterocycles. The maximum atomic E-state index is 12.9. The van der Waals surface area contributed by atoms with Crippen molar-refractivity contribution in [3.8, 4) is 0 Å². The van der Waals surface area contributed by atoms with Gasteiger partial charge >= 0.3 is 0 Å². The van der Waals surface area contributed by atoms with Crippen LogP contribution in [0.25, 0.3) is 0 Å². The molecule has 2 saturated heterocycles. The minimum atomic E-state index is -0.0699. The molecule has 1 aromatic rings. The van der Waals surface area contributed by atoms with Crippen molar-refractivity contribution in [2.24, 2.45) is 23.7 Å². The Morgan fingerprint density at radius 1 is 0.862 bits per heavy atom. The molecule has 0 spiro atoms. The van der Waals surface area contributed by atoms with Crippen LogP contribution in [0.3, 0.4) is 0 Å². The summed E-state index contributed by atoms with van der Waals surface area (Å²) in [6.45, 7) is 9.74. The van der Waals surface area contributed by atoms with Gasteiger partial charge in [0.15, 0.2) is 0 Å². The van der Waals surface area contributed by atoms with Crippen molar-refractivity contribution >= 4 is 17.8 Å². The van der Waals surface area contributed by atoms with Crippen molar-refractivity contribution in [2.75, 3.05) is 44.2 Å². The zero-order chi connectivity index (χ0) is 20.4. The van der Waals surface area contributed by atoms with Crippen LogP contribution in [-0.2, 0) is 9.59 Å². The molecular formula is C22H33N5O2. The van der Waals surface area contributed by atoms with Crippen LogP contribution >= 0.6 is 0 Å². The highest BCUT2D eigenvalue weighted by Gasteiger charge is 2.53. The molecule has 3 heterocycles. The van der Waals surface area contributed by atoms with Gasteiger partial charge in [-0.1, -0.05) is 13.8 Å². The highest BCUT2D eigenvalue weighted by atomic mass is 16.2. The lowest BCUT2D eigenvalue weighted by atomic mass is 9.69. The van der Waals surface area contributed by atoms with Crippen LogP contribution in [0.5, 0.6) is 0 Å². The Kier molecular flexibility index (Phi) is 6.13. The average molecular weight is 400 g/mol. The van der Waals surface area contributed by atoms with Crippen molar-refractivity contribution in [3.05, 3.63) is 18.5 Å². The van der Waals surface area contributed by atoms with E-state index in [2.05, 4.69) is 33.6 Å². The number of unbranched alkanes of at least 4 members (excludes halogenated alkanes) is 1. The molecule has 7 heteroatoms. The first-order chi connectivity index (χ1) is 14.1. The van der Waals surface area contributed by atoms with Crippen LogP contribution in [0.2, 0.25) is 0 Å². The number of piperazine rings is 1. The summed E-state index contributed by atoms with van der Waals surface area (Å²) in [5, 5.41) is 0. The Labute approximate surface area is 173 Å². The van der Waals surface area contributed by atoms with Crippen molar-refractivity contribution in [3.63, 3.8) is 0 Å². The molecule has 7 nitrogen and oxygen atoms in total. The van der Waals surface area contributed by atoms with Gasteiger partial charge in [0.25, 0.3) is 0 Å². The molecule has 1 saturated carbocycles. The quantitative estimate of drug-likeness (QED) is 0.539. The fraction of sp³-hybridized carbons (Fsp3) is 0.727. The van der Waals surface area contributed by atoms with Crippen molar-refractivity contribution in [1.82, 2.24) is 19.8 Å². The fourth-order valence-electron chi connectivity index (χ4n) is 5.31. The second kappa shape index (κ2) is 8.78. The number of fused-ring (bicyclic) bond motifs is 1. The molecule has 4 atom stereocenters. The predicted octanol–water partition coefficient (Wildman–Crippen LogP) is 2.05. The van der Waals surface area contributed by atoms with Crippen LogP contribution < -0.4 is 4.90 Å². The van der Waals surface area contributed by atoms with E-state index >= 15 is 0 Å². The lowest BCUT2D eigenvalue weighted by molar-refractivity contribution is -0.140. The Morgan fingerprint density at radius 2 is 1.41 bits per heavy atom. The topological polar surface area (TPSA) is 69.6 Å². The van der Waals surface area contributed by atoms with E-state index in [1.165, 1.54) is 0 Å². The van der Waals surface area contributed by atoms with E-state index in [1.807, 2.05) is 6.07 Å². The van der Waals surface area contributed by atoms with Crippen molar-refractivity contribution in [1.29, 1.82) is 0 Å². The van der Waals surface area contributed by atoms with Crippen LogP contribution in [0.15, 0.2) is 18.5 Å². The lowest BCUT2D eigenvalue weighted by Gasteiger charge is -2.34. The SMILES string of the molecule is CC1CCC(C)C2C(=O)N(CCCCN3CCN(c4ncccn4)CC3)C(=O)C12. The lowest BCUT2D eigenvalue weighted by Crippen LogP contribution is -2.47. The van der Waals surface area contributed by atoms with E-state index in [0.717, 1.165) is 64.4 Å². The molecule has 158 valence electrons. The van der Waals surface area contributed by atoms with Gasteiger partial charge in [-0.15, -0.1) is 0 Å². The van der Waals surface area contributed by atoms with Gasteiger partial charge in [-0.25, -0.2) is 9.97 Å². The number of hydrogen-bond donors (Lipinski definition) is 0. The number of carbonyl (C=O) groups excluding carboxylic acids is 2. The summed E-state index contributed by atoms with van der Waals surface area (Å²) in [5.41, 5.74) is 0. The highest BCUT2D eigenvalue weighted by molar-refractivity contribution is 6.05. The van der Waals surface area contributed by atoms with Gasteiger partial charge < -0.3 is 4.90 Å². The Hall–Kier alpha value is -2.02. The summed E-state index contributed by atoms with van der Waals surface area (Å²) in [6, 6.07) is 1.84. The molecule has 0 bridgehead atoms. The van der Waals surface area contributed by atoms with Gasteiger partial charge in [0, 0.05) is 45.1 Å². The third kappa shape index (κ3) is 4.15. The number of aromatic nitrogens is 2. The van der Waals surface area contributed by atoms with Gasteiger partial charge in [0.2, 0.25) is 17.8 Å². The first kappa shape index (κ1) is 20.3. The summed E-state index contributed by atoms with van der Waals surface area (Å²) < 4.78 is 0. The minimum absolute atomic E-state index is 0.0699. The summed E-state index contributed by atoms with van der Waals surface area (Å²) in [5.74, 6) is 1.53. The first-order valence-electron chi connectivity index (χ1n) is 11.2. The van der Waals surface area contributed by atoms with Crippen LogP contribution in [0, 0.1) is 23.7 Å². The van der Waals surface area contributed by atoms with E-state index in [9.17, 15) is 9.59 Å². The normalized spacial score (nSPS) is 30.7. The predicted molar refractivity (Wildman–Crippen MR) is 111 cm³/mol. The molecule has 2 amide bonds. The second-order valence-corrected chi connectivity index (χ2v) is 9.00. The van der Waals surface area contributed by atoms with E-state index in [1.54, 1.807) is 17.3 Å². The van der Waals surface area contributed by atoms with Crippen LogP contribution in [0.1, 0.15) is 39.5 Å². The summed E-state index contributed by atoms with van der Waals surface area (Å²) >= 11 is 0. The molecular weight excluding hydrogens is 366 g/mol. The second-order valence-electron chi connectivity index (χ2n) is 9.00. The third-order valence-electron chi connectivity index (χ3n) is 7.11. The maximum absolute atomic E-state index is 12.9. The molecule has 0 aromatic carbocycles. The molecule has 4 rings (SSSR count). The molecule has 1 aliphatic carbocycles. The van der Waals surface area contributed by atoms with Gasteiger partial charge in [0.1, 0.15) is 0 Å². The number of imide groups is 1. The summed E-state index contributed by atoms with van der Waals surface area (Å²) in [6.07, 6.45) is 7.60. The number of likely N-dealkylation sites (tertiary alicyclic amines) is 1. The molecule has 0 N–H and O–H groups in total. The molecule has 3 fully saturated rings. The van der Waals surface area contributed by atoms with Crippen molar-refractivity contribution in [2.45, 2.75) is 39.5 Å². The van der Waals surface area contributed by atoms with Gasteiger partial charge in [-0.05, 0) is 50.1 Å². The van der Waals surface area contributed by atoms with Gasteiger partial charge in [0.05, 0.1) is 11.8 Å². The zero-order valence-electron chi connectivity index (χ0n) is 17.7. The average Bonchev–Trinajstić information content (AvgIpc) is 3.00. The minimum Gasteiger partial charge on any atom is -0.338 e. The third-order valence-corrected chi connectivity index (χ3v) is 7.11. The maximum Gasteiger partial charge on any atom is 0.233 e. The number of anilines is 1. The summed E-state index contributed by atoms with van der Waals surface area (Å²) in [7, 11) is 0. The zero-order valence-corrected chi connectivity index (χ0v) is 17.7. The molecule has 29 heavy (non-hydrogen) atoms. The van der Waals surface area contributed by atoms with Crippen LogP contribution in [0.4, 0.5) is 5.95 Å². The summed E-state index contributed by atoms with van der Waals surface area (Å²) in [4.78, 5) is 40.6. The smallest absolute Gasteiger partial charge is 0.233 e. The molecule has 4 unspecified atom stereocenters. The number of carbonyl (C=O) groups is 2. The molecule has 1 aromatic heterocycles. The van der Waals surface area contributed by atoms with Crippen molar-refractivity contribution < 1.29 is 9.59 Å². The van der Waals surface area contributed by atoms with Gasteiger partial charge in [-0.2, -0.15) is 0 Å². The highest BCUT2D eigenvalue weighted by Crippen LogP contribution is 2.44. The van der Waals surface area contributed by atoms with E-state index in [0.29, 0.717) is 18.4 Å². The molecule has 0 radical (unpaired) electrons. The first-order valence-corrected chi connectivity index (χ1v) is 11.2. The number of hydrogen-bond acceptors (Lipinski definition) is 6. The van der Waals surface area contributed by atoms with Crippen LogP contribution in [-0.4, -0.2) is 70.9 Å². The molecule has 3 aliphatic rings. The number of amides is 2. The Morgan fingerprint density at radius 3 is 2.00 bits per heavy atom. The Balaban J connectivity index is 1.20. The fourth-order valence-corrected chi connectivity index (χ4v) is 5.31. The standard InChI is InChI=1S/C22H33N5O2/c1-16-6-7-17(2)19-18(16)20(28)27(21(19)29)11-4-3-10-25-12-14-26(15-13-25)22-23-8-5-9-24-22/h5,8-9,16-19H,3-4,6-7,10-15H2,1-2H3. The largest absolute Gasteiger partial charge is 0.338 e. The number of rotatable bonds is 6. The monoisotopic (exact) mass is 399 g/mol. The Bertz CT molecular complexity index is 691. The van der Waals surface area contributed by atoms with E-state index in [-0.39, 0.29) is 23.7 Å². The van der Waals surface area contributed by atoms with E-state index < -0.39 is 0 Å².